The smallest absolute Gasteiger partial charge is 0.309 e. The molecule has 92 valence electrons. The molecule has 0 atom stereocenters. The number of hydrogen-bond donors (Lipinski definition) is 1. The molecule has 2 rings (SSSR count). The average Bonchev–Trinajstić information content (AvgIpc) is 2.82. The zero-order valence-electron chi connectivity index (χ0n) is 9.68. The van der Waals surface area contributed by atoms with Crippen molar-refractivity contribution in [3.63, 3.8) is 0 Å². The van der Waals surface area contributed by atoms with E-state index in [1.165, 1.54) is 12.5 Å². The third-order valence-electron chi connectivity index (χ3n) is 3.44. The van der Waals surface area contributed by atoms with Gasteiger partial charge in [0.25, 0.3) is 5.91 Å². The lowest BCUT2D eigenvalue weighted by Crippen LogP contribution is -2.45. The second kappa shape index (κ2) is 4.24. The fourth-order valence-electron chi connectivity index (χ4n) is 1.99. The summed E-state index contributed by atoms with van der Waals surface area (Å²) in [6.07, 6.45) is 3.85. The Hall–Kier alpha value is -1.78. The molecule has 1 aliphatic heterocycles. The molecule has 1 aliphatic rings. The summed E-state index contributed by atoms with van der Waals surface area (Å²) in [5.41, 5.74) is -0.184. The van der Waals surface area contributed by atoms with Gasteiger partial charge in [0.15, 0.2) is 0 Å². The molecule has 5 heteroatoms. The zero-order chi connectivity index (χ0) is 12.5. The van der Waals surface area contributed by atoms with E-state index in [1.54, 1.807) is 17.9 Å². The number of piperidine rings is 1. The first-order valence-electron chi connectivity index (χ1n) is 5.58. The summed E-state index contributed by atoms with van der Waals surface area (Å²) in [7, 11) is 0. The first-order chi connectivity index (χ1) is 8.03. The van der Waals surface area contributed by atoms with E-state index in [9.17, 15) is 9.59 Å². The Morgan fingerprint density at radius 2 is 2.06 bits per heavy atom. The third kappa shape index (κ3) is 2.18. The van der Waals surface area contributed by atoms with Crippen LogP contribution in [0.1, 0.15) is 30.1 Å². The number of carboxylic acid groups (broad SMARTS) is 1. The fourth-order valence-corrected chi connectivity index (χ4v) is 1.99. The molecule has 5 nitrogen and oxygen atoms in total. The summed E-state index contributed by atoms with van der Waals surface area (Å²) >= 11 is 0. The molecule has 0 aromatic carbocycles. The van der Waals surface area contributed by atoms with Crippen LogP contribution in [0.15, 0.2) is 23.0 Å². The summed E-state index contributed by atoms with van der Waals surface area (Å²) in [6.45, 7) is 2.69. The Morgan fingerprint density at radius 3 is 2.53 bits per heavy atom. The predicted molar refractivity (Wildman–Crippen MR) is 59.6 cm³/mol. The predicted octanol–water partition coefficient (Wildman–Crippen LogP) is 1.61. The van der Waals surface area contributed by atoms with Crippen LogP contribution < -0.4 is 0 Å². The quantitative estimate of drug-likeness (QED) is 0.848. The van der Waals surface area contributed by atoms with Gasteiger partial charge in [-0.15, -0.1) is 0 Å². The lowest BCUT2D eigenvalue weighted by atomic mass is 9.80. The van der Waals surface area contributed by atoms with Gasteiger partial charge in [-0.05, 0) is 25.8 Å². The van der Waals surface area contributed by atoms with Gasteiger partial charge in [0.05, 0.1) is 17.2 Å². The maximum Gasteiger partial charge on any atom is 0.309 e. The monoisotopic (exact) mass is 237 g/mol. The second-order valence-corrected chi connectivity index (χ2v) is 4.67. The van der Waals surface area contributed by atoms with Crippen LogP contribution in [0, 0.1) is 5.41 Å². The van der Waals surface area contributed by atoms with Gasteiger partial charge in [-0.25, -0.2) is 0 Å². The zero-order valence-corrected chi connectivity index (χ0v) is 9.68. The molecule has 1 aromatic rings. The lowest BCUT2D eigenvalue weighted by Gasteiger charge is -2.36. The second-order valence-electron chi connectivity index (χ2n) is 4.67. The van der Waals surface area contributed by atoms with E-state index in [4.69, 9.17) is 9.52 Å². The molecule has 1 amide bonds. The number of furan rings is 1. The number of aliphatic carboxylic acids is 1. The Bertz CT molecular complexity index is 416. The Balaban J connectivity index is 2.00. The lowest BCUT2D eigenvalue weighted by molar-refractivity contribution is -0.150. The van der Waals surface area contributed by atoms with E-state index in [0.717, 1.165) is 0 Å². The van der Waals surface area contributed by atoms with Crippen molar-refractivity contribution in [3.8, 4) is 0 Å². The molecular formula is C12H15NO4. The van der Waals surface area contributed by atoms with E-state index >= 15 is 0 Å². The standard InChI is InChI=1S/C12H15NO4/c1-12(11(15)16)3-5-13(6-4-12)10(14)9-2-7-17-8-9/h2,7-8H,3-6H2,1H3,(H,15,16). The number of carbonyl (C=O) groups excluding carboxylic acids is 1. The van der Waals surface area contributed by atoms with Crippen LogP contribution in [0.4, 0.5) is 0 Å². The Morgan fingerprint density at radius 1 is 1.41 bits per heavy atom. The summed E-state index contributed by atoms with van der Waals surface area (Å²) in [5.74, 6) is -0.876. The van der Waals surface area contributed by atoms with Crippen LogP contribution in [-0.4, -0.2) is 35.0 Å². The number of rotatable bonds is 2. The molecule has 1 N–H and O–H groups in total. The van der Waals surface area contributed by atoms with Crippen molar-refractivity contribution in [1.29, 1.82) is 0 Å². The summed E-state index contributed by atoms with van der Waals surface area (Å²) in [4.78, 5) is 24.7. The minimum absolute atomic E-state index is 0.0915. The van der Waals surface area contributed by atoms with Crippen LogP contribution in [0.2, 0.25) is 0 Å². The van der Waals surface area contributed by atoms with E-state index in [0.29, 0.717) is 31.5 Å². The topological polar surface area (TPSA) is 70.8 Å². The van der Waals surface area contributed by atoms with Gasteiger partial charge in [-0.2, -0.15) is 0 Å². The number of amides is 1. The molecule has 17 heavy (non-hydrogen) atoms. The molecule has 2 heterocycles. The van der Waals surface area contributed by atoms with Crippen LogP contribution in [0.25, 0.3) is 0 Å². The number of nitrogens with zero attached hydrogens (tertiary/aromatic N) is 1. The van der Waals surface area contributed by atoms with Crippen LogP contribution >= 0.6 is 0 Å². The van der Waals surface area contributed by atoms with E-state index in [1.807, 2.05) is 0 Å². The highest BCUT2D eigenvalue weighted by Crippen LogP contribution is 2.31. The fraction of sp³-hybridized carbons (Fsp3) is 0.500. The third-order valence-corrected chi connectivity index (χ3v) is 3.44. The van der Waals surface area contributed by atoms with Gasteiger partial charge in [0.1, 0.15) is 6.26 Å². The Labute approximate surface area is 99.0 Å². The van der Waals surface area contributed by atoms with Crippen LogP contribution in [0.3, 0.4) is 0 Å². The van der Waals surface area contributed by atoms with Crippen molar-refractivity contribution in [1.82, 2.24) is 4.90 Å². The van der Waals surface area contributed by atoms with Gasteiger partial charge in [-0.3, -0.25) is 9.59 Å². The molecule has 0 bridgehead atoms. The molecule has 0 radical (unpaired) electrons. The average molecular weight is 237 g/mol. The van der Waals surface area contributed by atoms with Crippen LogP contribution in [-0.2, 0) is 4.79 Å². The molecule has 0 saturated carbocycles. The first kappa shape index (κ1) is 11.7. The molecular weight excluding hydrogens is 222 g/mol. The molecule has 1 aromatic heterocycles. The molecule has 0 spiro atoms. The maximum absolute atomic E-state index is 12.0. The van der Waals surface area contributed by atoms with Crippen molar-refractivity contribution >= 4 is 11.9 Å². The van der Waals surface area contributed by atoms with Crippen molar-refractivity contribution in [2.24, 2.45) is 5.41 Å². The molecule has 1 saturated heterocycles. The molecule has 0 aliphatic carbocycles. The van der Waals surface area contributed by atoms with Gasteiger partial charge >= 0.3 is 5.97 Å². The van der Waals surface area contributed by atoms with E-state index < -0.39 is 11.4 Å². The van der Waals surface area contributed by atoms with Gasteiger partial charge < -0.3 is 14.4 Å². The highest BCUT2D eigenvalue weighted by Gasteiger charge is 2.38. The number of hydrogen-bond acceptors (Lipinski definition) is 3. The van der Waals surface area contributed by atoms with Crippen molar-refractivity contribution < 1.29 is 19.1 Å². The van der Waals surface area contributed by atoms with Gasteiger partial charge in [0.2, 0.25) is 0 Å². The highest BCUT2D eigenvalue weighted by atomic mass is 16.4. The van der Waals surface area contributed by atoms with E-state index in [2.05, 4.69) is 0 Å². The molecule has 1 fully saturated rings. The number of carboxylic acids is 1. The normalized spacial score (nSPS) is 19.0. The van der Waals surface area contributed by atoms with E-state index in [-0.39, 0.29) is 5.91 Å². The summed E-state index contributed by atoms with van der Waals surface area (Å²) < 4.78 is 4.86. The van der Waals surface area contributed by atoms with Gasteiger partial charge in [0, 0.05) is 13.1 Å². The SMILES string of the molecule is CC1(C(=O)O)CCN(C(=O)c2ccoc2)CC1. The summed E-state index contributed by atoms with van der Waals surface area (Å²) in [6, 6.07) is 1.62. The van der Waals surface area contributed by atoms with Crippen molar-refractivity contribution in [2.75, 3.05) is 13.1 Å². The van der Waals surface area contributed by atoms with Crippen molar-refractivity contribution in [2.45, 2.75) is 19.8 Å². The highest BCUT2D eigenvalue weighted by molar-refractivity contribution is 5.94. The number of likely N-dealkylation sites (tertiary alicyclic amines) is 1. The van der Waals surface area contributed by atoms with Crippen molar-refractivity contribution in [3.05, 3.63) is 24.2 Å². The minimum Gasteiger partial charge on any atom is -0.481 e. The van der Waals surface area contributed by atoms with Crippen LogP contribution in [0.5, 0.6) is 0 Å². The van der Waals surface area contributed by atoms with Gasteiger partial charge in [-0.1, -0.05) is 0 Å². The summed E-state index contributed by atoms with van der Waals surface area (Å²) in [5, 5.41) is 9.09. The Kier molecular flexibility index (Phi) is 2.92. The molecule has 0 unspecified atom stereocenters. The maximum atomic E-state index is 12.0. The largest absolute Gasteiger partial charge is 0.481 e. The first-order valence-corrected chi connectivity index (χ1v) is 5.58. The number of carbonyl (C=O) groups is 2. The minimum atomic E-state index is -0.784.